The molecule has 9 nitrogen and oxygen atoms in total. The number of carbonyl (C=O) groups is 5. The molecule has 0 heterocycles. The van der Waals surface area contributed by atoms with Gasteiger partial charge in [-0.05, 0) is 48.9 Å². The highest BCUT2D eigenvalue weighted by Gasteiger charge is 2.33. The van der Waals surface area contributed by atoms with Crippen LogP contribution in [0, 0.1) is 0 Å². The Kier molecular flexibility index (Phi) is 9.74. The first-order valence-corrected chi connectivity index (χ1v) is 14.1. The molecule has 5 aromatic carbocycles. The maximum absolute atomic E-state index is 13.6. The van der Waals surface area contributed by atoms with E-state index in [9.17, 15) is 24.0 Å². The van der Waals surface area contributed by atoms with Gasteiger partial charge in [0.25, 0.3) is 0 Å². The van der Waals surface area contributed by atoms with E-state index in [4.69, 9.17) is 18.9 Å². The van der Waals surface area contributed by atoms with Gasteiger partial charge in [-0.3, -0.25) is 4.79 Å². The number of carbonyl (C=O) groups excluding carboxylic acids is 5. The largest absolute Gasteiger partial charge is 0.457 e. The smallest absolute Gasteiger partial charge is 0.343 e. The lowest BCUT2D eigenvalue weighted by Gasteiger charge is -2.19. The number of esters is 4. The van der Waals surface area contributed by atoms with Gasteiger partial charge in [0.15, 0.2) is 17.3 Å². The normalized spacial score (nSPS) is 10.4. The van der Waals surface area contributed by atoms with Crippen molar-refractivity contribution < 1.29 is 42.9 Å². The monoisotopic (exact) mass is 614 g/mol. The molecule has 0 aromatic heterocycles. The molecular weight excluding hydrogens is 588 g/mol. The molecule has 0 N–H and O–H groups in total. The second-order valence-corrected chi connectivity index (χ2v) is 9.84. The van der Waals surface area contributed by atoms with Crippen LogP contribution in [0.5, 0.6) is 17.2 Å². The van der Waals surface area contributed by atoms with E-state index in [0.29, 0.717) is 5.56 Å². The Bertz CT molecular complexity index is 1890. The minimum Gasteiger partial charge on any atom is -0.457 e. The highest BCUT2D eigenvalue weighted by molar-refractivity contribution is 6.10. The number of hydrogen-bond acceptors (Lipinski definition) is 9. The maximum Gasteiger partial charge on any atom is 0.343 e. The van der Waals surface area contributed by atoms with E-state index in [0.717, 1.165) is 13.0 Å². The number of hydrogen-bond donors (Lipinski definition) is 0. The Balaban J connectivity index is 1.68. The van der Waals surface area contributed by atoms with Crippen molar-refractivity contribution in [2.24, 2.45) is 0 Å². The third kappa shape index (κ3) is 7.40. The van der Waals surface area contributed by atoms with Crippen molar-refractivity contribution in [1.29, 1.82) is 0 Å². The molecule has 0 aliphatic rings. The number of ketones is 1. The molecule has 0 atom stereocenters. The summed E-state index contributed by atoms with van der Waals surface area (Å²) in [6.07, 6.45) is 0. The van der Waals surface area contributed by atoms with Gasteiger partial charge in [0.1, 0.15) is 6.61 Å². The average Bonchev–Trinajstić information content (AvgIpc) is 3.09. The zero-order valence-electron chi connectivity index (χ0n) is 24.5. The number of rotatable bonds is 10. The summed E-state index contributed by atoms with van der Waals surface area (Å²) < 4.78 is 22.6. The average molecular weight is 615 g/mol. The summed E-state index contributed by atoms with van der Waals surface area (Å²) in [5.41, 5.74) is 0.207. The summed E-state index contributed by atoms with van der Waals surface area (Å²) in [4.78, 5) is 66.6. The highest BCUT2D eigenvalue weighted by Crippen LogP contribution is 2.44. The molecule has 5 rings (SSSR count). The summed E-state index contributed by atoms with van der Waals surface area (Å²) in [6, 6.07) is 33.5. The molecule has 0 bridgehead atoms. The highest BCUT2D eigenvalue weighted by atomic mass is 16.6. The van der Waals surface area contributed by atoms with Crippen LogP contribution in [0.4, 0.5) is 0 Å². The van der Waals surface area contributed by atoms with Crippen LogP contribution in [-0.4, -0.2) is 29.7 Å². The fourth-order valence-corrected chi connectivity index (χ4v) is 4.38. The minimum absolute atomic E-state index is 0.0947. The molecule has 46 heavy (non-hydrogen) atoms. The molecule has 0 radical (unpaired) electrons. The molecule has 0 saturated heterocycles. The topological polar surface area (TPSA) is 122 Å². The SMILES string of the molecule is CC(=O)c1c(C(=O)OCc2ccccc2)cc(OC(=O)c2ccccc2)c(OC(=O)c2ccccc2)c1OC(=O)c1ccccc1. The predicted octanol–water partition coefficient (Wildman–Crippen LogP) is 6.90. The van der Waals surface area contributed by atoms with E-state index in [1.807, 2.05) is 0 Å². The molecule has 228 valence electrons. The van der Waals surface area contributed by atoms with Gasteiger partial charge in [0.2, 0.25) is 5.75 Å². The zero-order valence-corrected chi connectivity index (χ0v) is 24.5. The zero-order chi connectivity index (χ0) is 32.5. The van der Waals surface area contributed by atoms with Crippen LogP contribution in [-0.2, 0) is 11.3 Å². The third-order valence-corrected chi connectivity index (χ3v) is 6.61. The van der Waals surface area contributed by atoms with Crippen molar-refractivity contribution in [2.75, 3.05) is 0 Å². The molecule has 0 amide bonds. The molecular formula is C37H26O9. The van der Waals surface area contributed by atoms with Crippen molar-refractivity contribution in [3.63, 3.8) is 0 Å². The van der Waals surface area contributed by atoms with Crippen LogP contribution >= 0.6 is 0 Å². The number of Topliss-reactive ketones (excluding diaryl/α,β-unsaturated/α-hetero) is 1. The summed E-state index contributed by atoms with van der Waals surface area (Å²) >= 11 is 0. The fourth-order valence-electron chi connectivity index (χ4n) is 4.38. The lowest BCUT2D eigenvalue weighted by Crippen LogP contribution is -2.20. The van der Waals surface area contributed by atoms with Gasteiger partial charge in [0.05, 0.1) is 27.8 Å². The van der Waals surface area contributed by atoms with E-state index in [1.54, 1.807) is 84.9 Å². The summed E-state index contributed by atoms with van der Waals surface area (Å²) in [5.74, 6) is -6.06. The Morgan fingerprint density at radius 3 is 1.37 bits per heavy atom. The summed E-state index contributed by atoms with van der Waals surface area (Å²) in [5, 5.41) is 0. The summed E-state index contributed by atoms with van der Waals surface area (Å²) in [7, 11) is 0. The molecule has 0 fully saturated rings. The molecule has 0 saturated carbocycles. The molecule has 0 aliphatic carbocycles. The van der Waals surface area contributed by atoms with Crippen molar-refractivity contribution in [3.05, 3.63) is 161 Å². The number of benzene rings is 5. The van der Waals surface area contributed by atoms with Gasteiger partial charge in [-0.15, -0.1) is 0 Å². The van der Waals surface area contributed by atoms with Crippen molar-refractivity contribution in [3.8, 4) is 17.2 Å². The lowest BCUT2D eigenvalue weighted by molar-refractivity contribution is 0.0465. The Morgan fingerprint density at radius 1 is 0.500 bits per heavy atom. The van der Waals surface area contributed by atoms with E-state index in [1.165, 1.54) is 36.4 Å². The summed E-state index contributed by atoms with van der Waals surface area (Å²) in [6.45, 7) is 0.988. The molecule has 9 heteroatoms. The Morgan fingerprint density at radius 2 is 0.913 bits per heavy atom. The van der Waals surface area contributed by atoms with Crippen LogP contribution in [0.3, 0.4) is 0 Å². The Labute approximate surface area is 263 Å². The van der Waals surface area contributed by atoms with E-state index < -0.39 is 52.5 Å². The predicted molar refractivity (Wildman–Crippen MR) is 166 cm³/mol. The van der Waals surface area contributed by atoms with E-state index >= 15 is 0 Å². The molecule has 0 unspecified atom stereocenters. The van der Waals surface area contributed by atoms with Crippen LogP contribution in [0.1, 0.15) is 64.3 Å². The van der Waals surface area contributed by atoms with Gasteiger partial charge in [-0.2, -0.15) is 0 Å². The second-order valence-electron chi connectivity index (χ2n) is 9.84. The number of ether oxygens (including phenoxy) is 4. The van der Waals surface area contributed by atoms with Gasteiger partial charge in [-0.25, -0.2) is 19.2 Å². The van der Waals surface area contributed by atoms with Gasteiger partial charge in [-0.1, -0.05) is 84.9 Å². The minimum atomic E-state index is -0.982. The van der Waals surface area contributed by atoms with Crippen LogP contribution in [0.15, 0.2) is 127 Å². The quantitative estimate of drug-likeness (QED) is 0.0939. The van der Waals surface area contributed by atoms with Crippen molar-refractivity contribution >= 4 is 29.7 Å². The first-order valence-electron chi connectivity index (χ1n) is 14.1. The third-order valence-electron chi connectivity index (χ3n) is 6.61. The molecule has 0 spiro atoms. The lowest BCUT2D eigenvalue weighted by atomic mass is 10.0. The van der Waals surface area contributed by atoms with Crippen LogP contribution in [0.2, 0.25) is 0 Å². The van der Waals surface area contributed by atoms with Crippen LogP contribution < -0.4 is 14.2 Å². The fraction of sp³-hybridized carbons (Fsp3) is 0.0541. The van der Waals surface area contributed by atoms with Gasteiger partial charge < -0.3 is 18.9 Å². The maximum atomic E-state index is 13.6. The van der Waals surface area contributed by atoms with E-state index in [-0.39, 0.29) is 28.9 Å². The van der Waals surface area contributed by atoms with Gasteiger partial charge in [0, 0.05) is 6.07 Å². The van der Waals surface area contributed by atoms with E-state index in [2.05, 4.69) is 0 Å². The van der Waals surface area contributed by atoms with Crippen molar-refractivity contribution in [2.45, 2.75) is 13.5 Å². The first kappa shape index (κ1) is 31.1. The Hall–Kier alpha value is -6.35. The molecule has 5 aromatic rings. The standard InChI is InChI=1S/C37H26O9/c1-24(38)31-29(37(42)43-23-25-14-6-2-7-15-25)22-30(44-34(39)26-16-8-3-9-17-26)32(45-35(40)27-18-10-4-11-19-27)33(31)46-36(41)28-20-12-5-13-21-28/h2-22H,23H2,1H3. The van der Waals surface area contributed by atoms with Crippen molar-refractivity contribution in [1.82, 2.24) is 0 Å². The second kappa shape index (κ2) is 14.4. The molecule has 0 aliphatic heterocycles. The van der Waals surface area contributed by atoms with Gasteiger partial charge >= 0.3 is 23.9 Å². The first-order chi connectivity index (χ1) is 22.3. The van der Waals surface area contributed by atoms with Crippen LogP contribution in [0.25, 0.3) is 0 Å².